The molecule has 0 spiro atoms. The molecule has 0 saturated carbocycles. The lowest BCUT2D eigenvalue weighted by Crippen LogP contribution is -2.26. The second-order valence-electron chi connectivity index (χ2n) is 6.81. The molecule has 0 aliphatic rings. The third-order valence-electron chi connectivity index (χ3n) is 4.34. The second-order valence-corrected chi connectivity index (χ2v) is 9.01. The van der Waals surface area contributed by atoms with Gasteiger partial charge in [-0.05, 0) is 62.1 Å². The van der Waals surface area contributed by atoms with Crippen molar-refractivity contribution in [1.82, 2.24) is 9.71 Å². The number of nitrogens with one attached hydrogen (secondary N) is 1. The average molecular weight is 471 g/mol. The van der Waals surface area contributed by atoms with Gasteiger partial charge in [0.2, 0.25) is 10.0 Å². The molecule has 31 heavy (non-hydrogen) atoms. The van der Waals surface area contributed by atoms with Gasteiger partial charge in [0.05, 0.1) is 23.8 Å². The van der Waals surface area contributed by atoms with Gasteiger partial charge in [0.25, 0.3) is 0 Å². The molecule has 1 aromatic carbocycles. The summed E-state index contributed by atoms with van der Waals surface area (Å²) in [5.41, 5.74) is 0. The van der Waals surface area contributed by atoms with Crippen molar-refractivity contribution in [3.8, 4) is 5.75 Å². The van der Waals surface area contributed by atoms with E-state index in [-0.39, 0.29) is 24.0 Å². The number of carboxylic acid groups (broad SMARTS) is 1. The molecule has 1 heterocycles. The summed E-state index contributed by atoms with van der Waals surface area (Å²) in [6.45, 7) is 0.997. The van der Waals surface area contributed by atoms with Crippen LogP contribution in [0.4, 0.5) is 0 Å². The highest BCUT2D eigenvalue weighted by Gasteiger charge is 2.14. The molecule has 1 aromatic heterocycles. The lowest BCUT2D eigenvalue weighted by Gasteiger charge is -2.17. The van der Waals surface area contributed by atoms with Crippen LogP contribution >= 0.6 is 11.6 Å². The number of benzene rings is 1. The predicted molar refractivity (Wildman–Crippen MR) is 117 cm³/mol. The molecule has 2 N–H and O–H groups in total. The lowest BCUT2D eigenvalue weighted by molar-refractivity contribution is -0.137. The van der Waals surface area contributed by atoms with Gasteiger partial charge in [-0.25, -0.2) is 13.1 Å². The molecule has 1 unspecified atom stereocenters. The largest absolute Gasteiger partial charge is 0.492 e. The van der Waals surface area contributed by atoms with Crippen molar-refractivity contribution in [2.45, 2.75) is 43.1 Å². The van der Waals surface area contributed by atoms with E-state index in [9.17, 15) is 13.2 Å². The number of carbonyl (C=O) groups is 1. The number of hydrogen-bond donors (Lipinski definition) is 2. The Labute approximate surface area is 187 Å². The summed E-state index contributed by atoms with van der Waals surface area (Å²) in [6, 6.07) is 9.52. The number of aliphatic carboxylic acids is 1. The molecule has 2 rings (SSSR count). The first-order chi connectivity index (χ1) is 14.9. The van der Waals surface area contributed by atoms with Gasteiger partial charge in [0.1, 0.15) is 5.75 Å². The highest BCUT2D eigenvalue weighted by molar-refractivity contribution is 7.89. The minimum Gasteiger partial charge on any atom is -0.492 e. The maximum atomic E-state index is 12.2. The van der Waals surface area contributed by atoms with E-state index in [1.54, 1.807) is 18.5 Å². The number of ether oxygens (including phenoxy) is 2. The SMILES string of the molecule is O=C(O)CCC(CCCOc1cccnc1)OCCCNS(=O)(=O)c1ccc(Cl)cc1. The molecule has 0 fully saturated rings. The minimum absolute atomic E-state index is 0.0112. The molecule has 1 atom stereocenters. The molecule has 0 aliphatic heterocycles. The number of rotatable bonds is 15. The smallest absolute Gasteiger partial charge is 0.303 e. The lowest BCUT2D eigenvalue weighted by atomic mass is 10.1. The van der Waals surface area contributed by atoms with E-state index < -0.39 is 16.0 Å². The summed E-state index contributed by atoms with van der Waals surface area (Å²) in [5, 5.41) is 9.40. The molecule has 2 aromatic rings. The van der Waals surface area contributed by atoms with E-state index in [0.717, 1.165) is 0 Å². The number of carboxylic acids is 1. The highest BCUT2D eigenvalue weighted by atomic mass is 35.5. The third kappa shape index (κ3) is 10.1. The highest BCUT2D eigenvalue weighted by Crippen LogP contribution is 2.15. The third-order valence-corrected chi connectivity index (χ3v) is 6.07. The van der Waals surface area contributed by atoms with Crippen molar-refractivity contribution >= 4 is 27.6 Å². The first kappa shape index (κ1) is 25.1. The van der Waals surface area contributed by atoms with Gasteiger partial charge < -0.3 is 14.6 Å². The van der Waals surface area contributed by atoms with E-state index in [1.165, 1.54) is 24.3 Å². The van der Waals surface area contributed by atoms with Crippen LogP contribution in [0.25, 0.3) is 0 Å². The van der Waals surface area contributed by atoms with Crippen LogP contribution in [0.15, 0.2) is 53.7 Å². The van der Waals surface area contributed by atoms with Crippen molar-refractivity contribution in [3.05, 3.63) is 53.8 Å². The molecule has 0 amide bonds. The van der Waals surface area contributed by atoms with Crippen LogP contribution in [-0.4, -0.2) is 50.3 Å². The molecular formula is C21H27ClN2O6S. The average Bonchev–Trinajstić information content (AvgIpc) is 2.75. The topological polar surface area (TPSA) is 115 Å². The normalized spacial score (nSPS) is 12.4. The fourth-order valence-electron chi connectivity index (χ4n) is 2.75. The van der Waals surface area contributed by atoms with Gasteiger partial charge in [-0.15, -0.1) is 0 Å². The number of hydrogen-bond acceptors (Lipinski definition) is 6. The zero-order chi connectivity index (χ0) is 22.5. The molecule has 0 radical (unpaired) electrons. The monoisotopic (exact) mass is 470 g/mol. The quantitative estimate of drug-likeness (QED) is 0.383. The van der Waals surface area contributed by atoms with Gasteiger partial charge in [0, 0.05) is 30.8 Å². The standard InChI is InChI=1S/C21H27ClN2O6S/c22-17-6-9-20(10-7-17)31(27,28)24-13-3-15-29-18(8-11-21(25)26)5-2-14-30-19-4-1-12-23-16-19/h1,4,6-7,9-10,12,16,18,24H,2-3,5,8,11,13-15H2,(H,25,26). The predicted octanol–water partition coefficient (Wildman–Crippen LogP) is 3.51. The zero-order valence-electron chi connectivity index (χ0n) is 17.1. The molecule has 0 aliphatic carbocycles. The summed E-state index contributed by atoms with van der Waals surface area (Å²) in [6.07, 6.45) is 5.26. The Hall–Kier alpha value is -2.20. The number of halogens is 1. The van der Waals surface area contributed by atoms with Crippen LogP contribution in [0.1, 0.15) is 32.1 Å². The van der Waals surface area contributed by atoms with E-state index in [0.29, 0.717) is 49.7 Å². The zero-order valence-corrected chi connectivity index (χ0v) is 18.6. The summed E-state index contributed by atoms with van der Waals surface area (Å²) in [4.78, 5) is 15.0. The summed E-state index contributed by atoms with van der Waals surface area (Å²) in [7, 11) is -3.61. The number of sulfonamides is 1. The first-order valence-electron chi connectivity index (χ1n) is 9.98. The fraction of sp³-hybridized carbons (Fsp3) is 0.429. The Balaban J connectivity index is 1.69. The van der Waals surface area contributed by atoms with Crippen molar-refractivity contribution < 1.29 is 27.8 Å². The molecule has 10 heteroatoms. The minimum atomic E-state index is -3.61. The Bertz CT molecular complexity index is 894. The van der Waals surface area contributed by atoms with E-state index in [2.05, 4.69) is 9.71 Å². The summed E-state index contributed by atoms with van der Waals surface area (Å²) in [5.74, 6) is -0.200. The number of nitrogens with zero attached hydrogens (tertiary/aromatic N) is 1. The maximum Gasteiger partial charge on any atom is 0.303 e. The first-order valence-corrected chi connectivity index (χ1v) is 11.8. The molecule has 8 nitrogen and oxygen atoms in total. The Kier molecular flexibility index (Phi) is 10.7. The Morgan fingerprint density at radius 3 is 2.58 bits per heavy atom. The van der Waals surface area contributed by atoms with Crippen LogP contribution in [0.5, 0.6) is 5.75 Å². The van der Waals surface area contributed by atoms with Crippen LogP contribution in [0.3, 0.4) is 0 Å². The van der Waals surface area contributed by atoms with Gasteiger partial charge in [0.15, 0.2) is 0 Å². The molecule has 170 valence electrons. The molecule has 0 bridgehead atoms. The van der Waals surface area contributed by atoms with Gasteiger partial charge in [-0.3, -0.25) is 9.78 Å². The van der Waals surface area contributed by atoms with Gasteiger partial charge in [-0.1, -0.05) is 11.6 Å². The number of aromatic nitrogens is 1. The molecular weight excluding hydrogens is 444 g/mol. The maximum absolute atomic E-state index is 12.2. The van der Waals surface area contributed by atoms with E-state index in [4.69, 9.17) is 26.2 Å². The van der Waals surface area contributed by atoms with Crippen molar-refractivity contribution in [2.75, 3.05) is 19.8 Å². The van der Waals surface area contributed by atoms with Crippen LogP contribution in [0.2, 0.25) is 5.02 Å². The van der Waals surface area contributed by atoms with Crippen LogP contribution < -0.4 is 9.46 Å². The Morgan fingerprint density at radius 1 is 1.13 bits per heavy atom. The van der Waals surface area contributed by atoms with Crippen LogP contribution in [0, 0.1) is 0 Å². The summed E-state index contributed by atoms with van der Waals surface area (Å²) >= 11 is 5.78. The van der Waals surface area contributed by atoms with E-state index >= 15 is 0 Å². The fourth-order valence-corrected chi connectivity index (χ4v) is 3.95. The second kappa shape index (κ2) is 13.3. The van der Waals surface area contributed by atoms with E-state index in [1.807, 2.05) is 6.07 Å². The van der Waals surface area contributed by atoms with Crippen molar-refractivity contribution in [1.29, 1.82) is 0 Å². The van der Waals surface area contributed by atoms with Gasteiger partial charge in [-0.2, -0.15) is 0 Å². The number of pyridine rings is 1. The Morgan fingerprint density at radius 2 is 1.90 bits per heavy atom. The molecule has 0 saturated heterocycles. The van der Waals surface area contributed by atoms with Crippen molar-refractivity contribution in [2.24, 2.45) is 0 Å². The van der Waals surface area contributed by atoms with Crippen molar-refractivity contribution in [3.63, 3.8) is 0 Å². The van der Waals surface area contributed by atoms with Gasteiger partial charge >= 0.3 is 5.97 Å². The summed E-state index contributed by atoms with van der Waals surface area (Å²) < 4.78 is 38.4. The van der Waals surface area contributed by atoms with Crippen LogP contribution in [-0.2, 0) is 19.6 Å².